The van der Waals surface area contributed by atoms with Crippen molar-refractivity contribution in [2.24, 2.45) is 0 Å². The summed E-state index contributed by atoms with van der Waals surface area (Å²) < 4.78 is 23.8. The molecule has 1 aromatic carbocycles. The van der Waals surface area contributed by atoms with Crippen molar-refractivity contribution in [1.29, 1.82) is 0 Å². The van der Waals surface area contributed by atoms with E-state index in [1.54, 1.807) is 6.92 Å². The summed E-state index contributed by atoms with van der Waals surface area (Å²) in [5.74, 6) is -0.778. The molecule has 0 bridgehead atoms. The largest absolute Gasteiger partial charge is 0.493 e. The second-order valence-corrected chi connectivity index (χ2v) is 4.01. The minimum atomic E-state index is -2.11. The molecule has 1 aromatic rings. The second kappa shape index (κ2) is 6.87. The summed E-state index contributed by atoms with van der Waals surface area (Å²) in [5.41, 5.74) is 0.0922. The molecule has 0 radical (unpaired) electrons. The molecule has 0 saturated carbocycles. The number of benzene rings is 1. The molecule has 0 N–H and O–H groups in total. The molecule has 1 rings (SSSR count). The summed E-state index contributed by atoms with van der Waals surface area (Å²) in [4.78, 5) is 23.2. The number of ketones is 2. The first-order valence-corrected chi connectivity index (χ1v) is 5.98. The van der Waals surface area contributed by atoms with Crippen LogP contribution in [0.2, 0.25) is 0 Å². The highest BCUT2D eigenvalue weighted by atomic mass is 19.1. The van der Waals surface area contributed by atoms with Gasteiger partial charge in [-0.05, 0) is 24.6 Å². The summed E-state index contributed by atoms with van der Waals surface area (Å²) in [6.45, 7) is 1.76. The number of ether oxygens (including phenoxy) is 2. The number of rotatable bonds is 7. The highest BCUT2D eigenvalue weighted by molar-refractivity contribution is 6.13. The molecule has 4 nitrogen and oxygen atoms in total. The van der Waals surface area contributed by atoms with Gasteiger partial charge >= 0.3 is 0 Å². The highest BCUT2D eigenvalue weighted by Gasteiger charge is 2.26. The van der Waals surface area contributed by atoms with Crippen LogP contribution in [0, 0.1) is 0 Å². The Hall–Kier alpha value is -1.91. The van der Waals surface area contributed by atoms with Crippen LogP contribution in [0.1, 0.15) is 30.1 Å². The molecule has 0 aromatic heterocycles. The number of hydrogen-bond acceptors (Lipinski definition) is 4. The van der Waals surface area contributed by atoms with Gasteiger partial charge in [-0.1, -0.05) is 6.92 Å². The molecule has 0 aliphatic carbocycles. The van der Waals surface area contributed by atoms with Gasteiger partial charge in [0.1, 0.15) is 0 Å². The Balaban J connectivity index is 2.97. The van der Waals surface area contributed by atoms with Crippen molar-refractivity contribution in [3.63, 3.8) is 0 Å². The SMILES string of the molecule is CCCC(=O)C(F)C(=O)c1ccc(OC)c(OC)c1. The first kappa shape index (κ1) is 15.1. The second-order valence-electron chi connectivity index (χ2n) is 4.01. The Bertz CT molecular complexity index is 471. The molecular formula is C14H17FO4. The lowest BCUT2D eigenvalue weighted by molar-refractivity contribution is -0.122. The van der Waals surface area contributed by atoms with Crippen molar-refractivity contribution in [2.45, 2.75) is 25.9 Å². The van der Waals surface area contributed by atoms with Crippen molar-refractivity contribution in [1.82, 2.24) is 0 Å². The fourth-order valence-electron chi connectivity index (χ4n) is 1.66. The number of methoxy groups -OCH3 is 2. The number of alkyl halides is 1. The normalized spacial score (nSPS) is 11.8. The fraction of sp³-hybridized carbons (Fsp3) is 0.429. The van der Waals surface area contributed by atoms with Crippen molar-refractivity contribution >= 4 is 11.6 Å². The smallest absolute Gasteiger partial charge is 0.220 e. The third-order valence-corrected chi connectivity index (χ3v) is 2.68. The molecule has 104 valence electrons. The maximum atomic E-state index is 13.7. The maximum absolute atomic E-state index is 13.7. The Kier molecular flexibility index (Phi) is 5.48. The van der Waals surface area contributed by atoms with Crippen LogP contribution in [0.15, 0.2) is 18.2 Å². The van der Waals surface area contributed by atoms with Gasteiger partial charge in [0.15, 0.2) is 17.3 Å². The van der Waals surface area contributed by atoms with Crippen LogP contribution in [-0.2, 0) is 4.79 Å². The van der Waals surface area contributed by atoms with Gasteiger partial charge in [0.25, 0.3) is 0 Å². The van der Waals surface area contributed by atoms with Crippen LogP contribution in [-0.4, -0.2) is 32.0 Å². The molecule has 0 amide bonds. The predicted molar refractivity (Wildman–Crippen MR) is 68.7 cm³/mol. The number of Topliss-reactive ketones (excluding diaryl/α,β-unsaturated/α-hetero) is 2. The lowest BCUT2D eigenvalue weighted by atomic mass is 10.0. The van der Waals surface area contributed by atoms with Gasteiger partial charge in [-0.3, -0.25) is 9.59 Å². The molecule has 5 heteroatoms. The topological polar surface area (TPSA) is 52.6 Å². The van der Waals surface area contributed by atoms with Gasteiger partial charge in [0.05, 0.1) is 14.2 Å². The minimum absolute atomic E-state index is 0.0558. The molecule has 0 spiro atoms. The van der Waals surface area contributed by atoms with Crippen molar-refractivity contribution in [2.75, 3.05) is 14.2 Å². The molecule has 1 unspecified atom stereocenters. The summed E-state index contributed by atoms with van der Waals surface area (Å²) in [6.07, 6.45) is -1.54. The van der Waals surface area contributed by atoms with E-state index in [0.717, 1.165) is 0 Å². The molecule has 0 fully saturated rings. The monoisotopic (exact) mass is 268 g/mol. The van der Waals surface area contributed by atoms with Crippen LogP contribution in [0.5, 0.6) is 11.5 Å². The van der Waals surface area contributed by atoms with Crippen molar-refractivity contribution in [3.05, 3.63) is 23.8 Å². The van der Waals surface area contributed by atoms with Gasteiger partial charge in [-0.2, -0.15) is 0 Å². The maximum Gasteiger partial charge on any atom is 0.220 e. The molecule has 19 heavy (non-hydrogen) atoms. The van der Waals surface area contributed by atoms with E-state index in [-0.39, 0.29) is 12.0 Å². The van der Waals surface area contributed by atoms with Gasteiger partial charge < -0.3 is 9.47 Å². The van der Waals surface area contributed by atoms with Crippen LogP contribution in [0.3, 0.4) is 0 Å². The molecule has 0 heterocycles. The van der Waals surface area contributed by atoms with Crippen LogP contribution >= 0.6 is 0 Å². The first-order chi connectivity index (χ1) is 9.04. The Labute approximate surface area is 111 Å². The van der Waals surface area contributed by atoms with Crippen LogP contribution < -0.4 is 9.47 Å². The van der Waals surface area contributed by atoms with Crippen molar-refractivity contribution in [3.8, 4) is 11.5 Å². The molecule has 0 aliphatic heterocycles. The molecule has 0 aliphatic rings. The average molecular weight is 268 g/mol. The highest BCUT2D eigenvalue weighted by Crippen LogP contribution is 2.28. The van der Waals surface area contributed by atoms with Crippen LogP contribution in [0.25, 0.3) is 0 Å². The summed E-state index contributed by atoms with van der Waals surface area (Å²) >= 11 is 0. The third-order valence-electron chi connectivity index (χ3n) is 2.68. The van der Waals surface area contributed by atoms with Gasteiger partial charge in [0.2, 0.25) is 12.0 Å². The Morgan fingerprint density at radius 2 is 1.84 bits per heavy atom. The standard InChI is InChI=1S/C14H17FO4/c1-4-5-10(16)13(15)14(17)9-6-7-11(18-2)12(8-9)19-3/h6-8,13H,4-5H2,1-3H3. The summed E-state index contributed by atoms with van der Waals surface area (Å²) in [6, 6.07) is 4.28. The van der Waals surface area contributed by atoms with E-state index in [1.165, 1.54) is 32.4 Å². The number of carbonyl (C=O) groups excluding carboxylic acids is 2. The van der Waals surface area contributed by atoms with Gasteiger partial charge in [-0.25, -0.2) is 4.39 Å². The lowest BCUT2D eigenvalue weighted by Gasteiger charge is -2.10. The molecule has 1 atom stereocenters. The molecular weight excluding hydrogens is 251 g/mol. The first-order valence-electron chi connectivity index (χ1n) is 5.98. The van der Waals surface area contributed by atoms with E-state index < -0.39 is 17.7 Å². The van der Waals surface area contributed by atoms with E-state index >= 15 is 0 Å². The van der Waals surface area contributed by atoms with E-state index in [0.29, 0.717) is 17.9 Å². The Morgan fingerprint density at radius 3 is 2.37 bits per heavy atom. The van der Waals surface area contributed by atoms with E-state index in [1.807, 2.05) is 0 Å². The molecule has 0 saturated heterocycles. The number of carbonyl (C=O) groups is 2. The number of hydrogen-bond donors (Lipinski definition) is 0. The quantitative estimate of drug-likeness (QED) is 0.563. The summed E-state index contributed by atoms with van der Waals surface area (Å²) in [5, 5.41) is 0. The Morgan fingerprint density at radius 1 is 1.21 bits per heavy atom. The lowest BCUT2D eigenvalue weighted by Crippen LogP contribution is -2.25. The van der Waals surface area contributed by atoms with E-state index in [4.69, 9.17) is 9.47 Å². The number of halogens is 1. The van der Waals surface area contributed by atoms with Crippen LogP contribution in [0.4, 0.5) is 4.39 Å². The average Bonchev–Trinajstić information content (AvgIpc) is 2.45. The summed E-state index contributed by atoms with van der Waals surface area (Å²) in [7, 11) is 2.88. The fourth-order valence-corrected chi connectivity index (χ4v) is 1.66. The zero-order valence-corrected chi connectivity index (χ0v) is 11.2. The third kappa shape index (κ3) is 3.53. The van der Waals surface area contributed by atoms with E-state index in [2.05, 4.69) is 0 Å². The zero-order valence-electron chi connectivity index (χ0n) is 11.2. The minimum Gasteiger partial charge on any atom is -0.493 e. The predicted octanol–water partition coefficient (Wildman–Crippen LogP) is 2.59. The van der Waals surface area contributed by atoms with Crippen molar-refractivity contribution < 1.29 is 23.5 Å². The zero-order chi connectivity index (χ0) is 14.4. The van der Waals surface area contributed by atoms with E-state index in [9.17, 15) is 14.0 Å². The van der Waals surface area contributed by atoms with Gasteiger partial charge in [-0.15, -0.1) is 0 Å². The van der Waals surface area contributed by atoms with Gasteiger partial charge in [0, 0.05) is 12.0 Å².